The van der Waals surface area contributed by atoms with Gasteiger partial charge < -0.3 is 4.74 Å². The summed E-state index contributed by atoms with van der Waals surface area (Å²) < 4.78 is 5.15. The summed E-state index contributed by atoms with van der Waals surface area (Å²) in [7, 11) is 0. The molecule has 1 amide bonds. The molecule has 0 fully saturated rings. The average molecular weight is 318 g/mol. The van der Waals surface area contributed by atoms with Crippen molar-refractivity contribution in [3.8, 4) is 0 Å². The number of unbranched alkanes of at least 4 members (excludes halogenated alkanes) is 1. The van der Waals surface area contributed by atoms with Crippen molar-refractivity contribution in [3.05, 3.63) is 16.5 Å². The highest BCUT2D eigenvalue weighted by Gasteiger charge is 2.18. The number of hydrogen-bond donors (Lipinski definition) is 1. The number of nitrogens with one attached hydrogen (secondary N) is 1. The molecule has 0 saturated heterocycles. The van der Waals surface area contributed by atoms with E-state index in [1.165, 1.54) is 11.1 Å². The number of ether oxygens (including phenoxy) is 1. The monoisotopic (exact) mass is 317 g/mol. The van der Waals surface area contributed by atoms with Gasteiger partial charge in [-0.1, -0.05) is 27.7 Å². The third-order valence-corrected chi connectivity index (χ3v) is 4.23. The molecule has 1 aromatic heterocycles. The molecule has 3 nitrogen and oxygen atoms in total. The molecule has 0 aromatic carbocycles. The van der Waals surface area contributed by atoms with Crippen molar-refractivity contribution in [3.63, 3.8) is 0 Å². The van der Waals surface area contributed by atoms with E-state index >= 15 is 0 Å². The van der Waals surface area contributed by atoms with E-state index in [0.717, 1.165) is 17.8 Å². The zero-order valence-corrected chi connectivity index (χ0v) is 14.2. The van der Waals surface area contributed by atoms with Gasteiger partial charge in [0.1, 0.15) is 5.00 Å². The molecule has 1 N–H and O–H groups in total. The Labute approximate surface area is 130 Å². The van der Waals surface area contributed by atoms with Crippen LogP contribution in [0.4, 0.5) is 9.80 Å². The van der Waals surface area contributed by atoms with Crippen LogP contribution in [-0.2, 0) is 4.74 Å². The minimum absolute atomic E-state index is 0.376. The van der Waals surface area contributed by atoms with Gasteiger partial charge in [-0.2, -0.15) is 0 Å². The van der Waals surface area contributed by atoms with E-state index in [4.69, 9.17) is 16.3 Å². The molecule has 0 aliphatic carbocycles. The highest BCUT2D eigenvalue weighted by molar-refractivity contribution is 7.14. The molecule has 20 heavy (non-hydrogen) atoms. The van der Waals surface area contributed by atoms with Crippen molar-refractivity contribution in [2.24, 2.45) is 0 Å². The highest BCUT2D eigenvalue weighted by Crippen LogP contribution is 2.37. The zero-order valence-electron chi connectivity index (χ0n) is 12.7. The topological polar surface area (TPSA) is 38.3 Å². The summed E-state index contributed by atoms with van der Waals surface area (Å²) in [6.07, 6.45) is 1.29. The van der Waals surface area contributed by atoms with Crippen LogP contribution in [0.1, 0.15) is 63.5 Å². The molecule has 1 aromatic rings. The number of hydrogen-bond acceptors (Lipinski definition) is 3. The summed E-state index contributed by atoms with van der Waals surface area (Å²) in [6.45, 7) is 9.04. The van der Waals surface area contributed by atoms with Crippen LogP contribution in [0.15, 0.2) is 5.38 Å². The maximum Gasteiger partial charge on any atom is 0.412 e. The minimum atomic E-state index is -0.376. The Balaban J connectivity index is 2.65. The van der Waals surface area contributed by atoms with Crippen LogP contribution in [0.2, 0.25) is 0 Å². The summed E-state index contributed by atoms with van der Waals surface area (Å²) in [5.41, 5.74) is 2.53. The lowest BCUT2D eigenvalue weighted by atomic mass is 9.94. The fourth-order valence-corrected chi connectivity index (χ4v) is 3.47. The first-order valence-corrected chi connectivity index (χ1v) is 8.49. The Morgan fingerprint density at radius 3 is 2.55 bits per heavy atom. The van der Waals surface area contributed by atoms with Crippen LogP contribution in [0.5, 0.6) is 0 Å². The first kappa shape index (κ1) is 17.3. The average Bonchev–Trinajstić information content (AvgIpc) is 2.78. The van der Waals surface area contributed by atoms with E-state index in [1.807, 2.05) is 0 Å². The summed E-state index contributed by atoms with van der Waals surface area (Å²) in [5, 5.41) is 5.90. The molecule has 0 atom stereocenters. The van der Waals surface area contributed by atoms with Gasteiger partial charge in [-0.3, -0.25) is 5.32 Å². The van der Waals surface area contributed by atoms with Gasteiger partial charge >= 0.3 is 6.09 Å². The Hall–Kier alpha value is -0.740. The smallest absolute Gasteiger partial charge is 0.412 e. The van der Waals surface area contributed by atoms with Crippen molar-refractivity contribution in [1.29, 1.82) is 0 Å². The molecule has 1 rings (SSSR count). The Kier molecular flexibility index (Phi) is 7.38. The number of amides is 1. The maximum absolute atomic E-state index is 11.8. The first-order valence-electron chi connectivity index (χ1n) is 7.08. The van der Waals surface area contributed by atoms with Crippen LogP contribution in [0, 0.1) is 0 Å². The molecule has 0 unspecified atom stereocenters. The molecule has 114 valence electrons. The molecule has 0 aliphatic heterocycles. The van der Waals surface area contributed by atoms with Crippen molar-refractivity contribution in [1.82, 2.24) is 0 Å². The second-order valence-electron chi connectivity index (χ2n) is 5.40. The number of carbonyl (C=O) groups excluding carboxylic acids is 1. The second-order valence-corrected chi connectivity index (χ2v) is 6.66. The van der Waals surface area contributed by atoms with Gasteiger partial charge in [0.25, 0.3) is 0 Å². The Morgan fingerprint density at radius 2 is 2.00 bits per heavy atom. The standard InChI is InChI=1S/C15H24ClNO2S/c1-10(2)12-9-20-14(13(12)11(3)4)17-15(18)19-8-6-5-7-16/h9-11H,5-8H2,1-4H3,(H,17,18). The Bertz CT molecular complexity index is 430. The normalized spacial score (nSPS) is 11.2. The minimum Gasteiger partial charge on any atom is -0.449 e. The lowest BCUT2D eigenvalue weighted by Crippen LogP contribution is -2.15. The number of alkyl halides is 1. The number of rotatable bonds is 7. The molecule has 0 saturated carbocycles. The van der Waals surface area contributed by atoms with Gasteiger partial charge in [0.05, 0.1) is 6.61 Å². The zero-order chi connectivity index (χ0) is 15.1. The van der Waals surface area contributed by atoms with Gasteiger partial charge in [0.15, 0.2) is 0 Å². The molecule has 0 aliphatic rings. The summed E-state index contributed by atoms with van der Waals surface area (Å²) in [6, 6.07) is 0. The third kappa shape index (κ3) is 4.98. The van der Waals surface area contributed by atoms with Crippen LogP contribution < -0.4 is 5.32 Å². The van der Waals surface area contributed by atoms with Crippen LogP contribution >= 0.6 is 22.9 Å². The lowest BCUT2D eigenvalue weighted by Gasteiger charge is -2.14. The van der Waals surface area contributed by atoms with Crippen LogP contribution in [0.25, 0.3) is 0 Å². The first-order chi connectivity index (χ1) is 9.47. The predicted molar refractivity (Wildman–Crippen MR) is 87.4 cm³/mol. The van der Waals surface area contributed by atoms with Gasteiger partial charge in [0.2, 0.25) is 0 Å². The van der Waals surface area contributed by atoms with Crippen molar-refractivity contribution >= 4 is 34.0 Å². The fraction of sp³-hybridized carbons (Fsp3) is 0.667. The van der Waals surface area contributed by atoms with Crippen molar-refractivity contribution < 1.29 is 9.53 Å². The number of halogens is 1. The molecular formula is C15H24ClNO2S. The third-order valence-electron chi connectivity index (χ3n) is 3.04. The molecule has 0 spiro atoms. The number of carbonyl (C=O) groups is 1. The van der Waals surface area contributed by atoms with Crippen LogP contribution in [-0.4, -0.2) is 18.6 Å². The summed E-state index contributed by atoms with van der Waals surface area (Å²) in [5.74, 6) is 1.44. The van der Waals surface area contributed by atoms with E-state index in [1.54, 1.807) is 11.3 Å². The Morgan fingerprint density at radius 1 is 1.30 bits per heavy atom. The predicted octanol–water partition coefficient (Wildman–Crippen LogP) is 5.56. The van der Waals surface area contributed by atoms with Gasteiger partial charge in [-0.15, -0.1) is 22.9 Å². The quantitative estimate of drug-likeness (QED) is 0.528. The molecule has 0 bridgehead atoms. The van der Waals surface area contributed by atoms with E-state index in [2.05, 4.69) is 38.4 Å². The number of thiophene rings is 1. The van der Waals surface area contributed by atoms with Gasteiger partial charge in [0, 0.05) is 5.88 Å². The second kappa shape index (κ2) is 8.53. The van der Waals surface area contributed by atoms with E-state index < -0.39 is 0 Å². The molecule has 0 radical (unpaired) electrons. The van der Waals surface area contributed by atoms with Crippen molar-refractivity contribution in [2.75, 3.05) is 17.8 Å². The summed E-state index contributed by atoms with van der Waals surface area (Å²) >= 11 is 7.15. The van der Waals surface area contributed by atoms with Crippen molar-refractivity contribution in [2.45, 2.75) is 52.4 Å². The number of anilines is 1. The van der Waals surface area contributed by atoms with Crippen LogP contribution in [0.3, 0.4) is 0 Å². The SMILES string of the molecule is CC(C)c1csc(NC(=O)OCCCCCl)c1C(C)C. The van der Waals surface area contributed by atoms with Gasteiger partial charge in [-0.05, 0) is 41.2 Å². The van der Waals surface area contributed by atoms with E-state index in [0.29, 0.717) is 24.3 Å². The summed E-state index contributed by atoms with van der Waals surface area (Å²) in [4.78, 5) is 11.8. The molecule has 1 heterocycles. The highest BCUT2D eigenvalue weighted by atomic mass is 35.5. The molecule has 5 heteroatoms. The maximum atomic E-state index is 11.8. The lowest BCUT2D eigenvalue weighted by molar-refractivity contribution is 0.160. The fourth-order valence-electron chi connectivity index (χ4n) is 2.01. The van der Waals surface area contributed by atoms with E-state index in [9.17, 15) is 4.79 Å². The largest absolute Gasteiger partial charge is 0.449 e. The van der Waals surface area contributed by atoms with E-state index in [-0.39, 0.29) is 6.09 Å². The molecular weight excluding hydrogens is 294 g/mol. The van der Waals surface area contributed by atoms with Gasteiger partial charge in [-0.25, -0.2) is 4.79 Å².